The predicted molar refractivity (Wildman–Crippen MR) is 61.7 cm³/mol. The Balaban J connectivity index is 2.22. The third-order valence-electron chi connectivity index (χ3n) is 2.35. The SMILES string of the molecule is Cc1[nH]nc(CN)c1S(=O)(=O)NCc1ccno1. The average molecular weight is 271 g/mol. The molecule has 0 spiro atoms. The summed E-state index contributed by atoms with van der Waals surface area (Å²) in [7, 11) is -3.68. The summed E-state index contributed by atoms with van der Waals surface area (Å²) in [5.41, 5.74) is 6.20. The van der Waals surface area contributed by atoms with Crippen molar-refractivity contribution in [3.8, 4) is 0 Å². The number of hydrogen-bond donors (Lipinski definition) is 3. The number of aryl methyl sites for hydroxylation is 1. The van der Waals surface area contributed by atoms with Gasteiger partial charge < -0.3 is 10.3 Å². The fourth-order valence-electron chi connectivity index (χ4n) is 1.54. The third-order valence-corrected chi connectivity index (χ3v) is 3.95. The molecule has 0 unspecified atom stereocenters. The Morgan fingerprint density at radius 1 is 1.56 bits per heavy atom. The molecular formula is C9H13N5O3S. The summed E-state index contributed by atoms with van der Waals surface area (Å²) in [5, 5.41) is 9.93. The fourth-order valence-corrected chi connectivity index (χ4v) is 2.90. The van der Waals surface area contributed by atoms with Crippen LogP contribution in [0.3, 0.4) is 0 Å². The second-order valence-corrected chi connectivity index (χ2v) is 5.34. The van der Waals surface area contributed by atoms with E-state index in [1.54, 1.807) is 13.0 Å². The van der Waals surface area contributed by atoms with E-state index in [0.29, 0.717) is 17.1 Å². The molecule has 2 aromatic rings. The van der Waals surface area contributed by atoms with E-state index in [2.05, 4.69) is 20.1 Å². The van der Waals surface area contributed by atoms with Crippen molar-refractivity contribution in [2.75, 3.05) is 0 Å². The Labute approximate surface area is 104 Å². The Bertz CT molecular complexity index is 617. The topological polar surface area (TPSA) is 127 Å². The minimum absolute atomic E-state index is 0.0248. The second-order valence-electron chi connectivity index (χ2n) is 3.63. The zero-order valence-corrected chi connectivity index (χ0v) is 10.5. The quantitative estimate of drug-likeness (QED) is 0.681. The van der Waals surface area contributed by atoms with E-state index in [0.717, 1.165) is 0 Å². The van der Waals surface area contributed by atoms with Crippen LogP contribution in [0.1, 0.15) is 17.1 Å². The molecule has 0 aliphatic rings. The highest BCUT2D eigenvalue weighted by Gasteiger charge is 2.23. The van der Waals surface area contributed by atoms with Crippen LogP contribution in [0.4, 0.5) is 0 Å². The van der Waals surface area contributed by atoms with E-state index in [4.69, 9.17) is 10.3 Å². The summed E-state index contributed by atoms with van der Waals surface area (Å²) in [6.45, 7) is 1.69. The number of hydrogen-bond acceptors (Lipinski definition) is 6. The normalized spacial score (nSPS) is 11.9. The largest absolute Gasteiger partial charge is 0.360 e. The Morgan fingerprint density at radius 3 is 2.94 bits per heavy atom. The minimum Gasteiger partial charge on any atom is -0.360 e. The monoisotopic (exact) mass is 271 g/mol. The van der Waals surface area contributed by atoms with Crippen molar-refractivity contribution in [3.05, 3.63) is 29.4 Å². The predicted octanol–water partition coefficient (Wildman–Crippen LogP) is -0.357. The first-order valence-corrected chi connectivity index (χ1v) is 6.66. The lowest BCUT2D eigenvalue weighted by Gasteiger charge is -2.05. The average Bonchev–Trinajstić information content (AvgIpc) is 2.95. The zero-order valence-electron chi connectivity index (χ0n) is 9.67. The van der Waals surface area contributed by atoms with Crippen LogP contribution < -0.4 is 10.5 Å². The van der Waals surface area contributed by atoms with Crippen LogP contribution >= 0.6 is 0 Å². The number of sulfonamides is 1. The van der Waals surface area contributed by atoms with Gasteiger partial charge in [-0.05, 0) is 6.92 Å². The molecule has 0 fully saturated rings. The summed E-state index contributed by atoms with van der Waals surface area (Å²) < 4.78 is 31.4. The Hall–Kier alpha value is -1.71. The maximum Gasteiger partial charge on any atom is 0.244 e. The molecule has 0 saturated carbocycles. The van der Waals surface area contributed by atoms with Crippen LogP contribution in [0.25, 0.3) is 0 Å². The highest BCUT2D eigenvalue weighted by molar-refractivity contribution is 7.89. The first-order valence-electron chi connectivity index (χ1n) is 5.17. The van der Waals surface area contributed by atoms with Crippen molar-refractivity contribution in [3.63, 3.8) is 0 Å². The number of nitrogens with zero attached hydrogens (tertiary/aromatic N) is 2. The van der Waals surface area contributed by atoms with Gasteiger partial charge in [-0.1, -0.05) is 5.16 Å². The molecule has 0 aliphatic carbocycles. The number of nitrogens with one attached hydrogen (secondary N) is 2. The lowest BCUT2D eigenvalue weighted by atomic mass is 10.4. The standard InChI is InChI=1S/C9H13N5O3S/c1-6-9(8(4-10)14-13-6)18(15,16)12-5-7-2-3-11-17-7/h2-3,12H,4-5,10H2,1H3,(H,13,14). The van der Waals surface area contributed by atoms with Gasteiger partial charge in [0.2, 0.25) is 10.0 Å². The molecule has 0 atom stereocenters. The Morgan fingerprint density at radius 2 is 2.33 bits per heavy atom. The molecule has 0 amide bonds. The summed E-state index contributed by atoms with van der Waals surface area (Å²) >= 11 is 0. The third kappa shape index (κ3) is 2.42. The maximum atomic E-state index is 12.1. The van der Waals surface area contributed by atoms with Crippen molar-refractivity contribution in [1.82, 2.24) is 20.1 Å². The van der Waals surface area contributed by atoms with Crippen molar-refractivity contribution >= 4 is 10.0 Å². The number of H-pyrrole nitrogens is 1. The molecule has 0 radical (unpaired) electrons. The van der Waals surface area contributed by atoms with Gasteiger partial charge in [-0.3, -0.25) is 5.10 Å². The number of nitrogens with two attached hydrogens (primary N) is 1. The van der Waals surface area contributed by atoms with E-state index in [1.807, 2.05) is 0 Å². The summed E-state index contributed by atoms with van der Waals surface area (Å²) in [6, 6.07) is 1.58. The molecule has 2 aromatic heterocycles. The van der Waals surface area contributed by atoms with Crippen molar-refractivity contribution in [1.29, 1.82) is 0 Å². The highest BCUT2D eigenvalue weighted by Crippen LogP contribution is 2.17. The van der Waals surface area contributed by atoms with E-state index in [1.165, 1.54) is 6.20 Å². The molecule has 0 saturated heterocycles. The molecule has 98 valence electrons. The van der Waals surface area contributed by atoms with Crippen LogP contribution in [0.5, 0.6) is 0 Å². The first kappa shape index (κ1) is 12.7. The maximum absolute atomic E-state index is 12.1. The number of aromatic nitrogens is 3. The van der Waals surface area contributed by atoms with Gasteiger partial charge in [-0.2, -0.15) is 5.10 Å². The van der Waals surface area contributed by atoms with Gasteiger partial charge in [0.25, 0.3) is 0 Å². The second kappa shape index (κ2) is 4.88. The van der Waals surface area contributed by atoms with Crippen LogP contribution in [0, 0.1) is 6.92 Å². The summed E-state index contributed by atoms with van der Waals surface area (Å²) in [4.78, 5) is 0.0875. The Kier molecular flexibility index (Phi) is 3.45. The van der Waals surface area contributed by atoms with Gasteiger partial charge in [-0.25, -0.2) is 13.1 Å². The van der Waals surface area contributed by atoms with E-state index >= 15 is 0 Å². The van der Waals surface area contributed by atoms with Crippen LogP contribution in [0.2, 0.25) is 0 Å². The summed E-state index contributed by atoms with van der Waals surface area (Å²) in [5.74, 6) is 0.425. The molecule has 0 aliphatic heterocycles. The van der Waals surface area contributed by atoms with Crippen LogP contribution in [-0.4, -0.2) is 23.8 Å². The molecule has 2 heterocycles. The molecule has 2 rings (SSSR count). The van der Waals surface area contributed by atoms with E-state index < -0.39 is 10.0 Å². The van der Waals surface area contributed by atoms with Gasteiger partial charge in [0, 0.05) is 12.6 Å². The van der Waals surface area contributed by atoms with Crippen molar-refractivity contribution < 1.29 is 12.9 Å². The molecule has 18 heavy (non-hydrogen) atoms. The van der Waals surface area contributed by atoms with Crippen molar-refractivity contribution in [2.24, 2.45) is 5.73 Å². The smallest absolute Gasteiger partial charge is 0.244 e. The highest BCUT2D eigenvalue weighted by atomic mass is 32.2. The molecule has 0 bridgehead atoms. The van der Waals surface area contributed by atoms with Gasteiger partial charge in [0.1, 0.15) is 4.90 Å². The van der Waals surface area contributed by atoms with Gasteiger partial charge in [0.15, 0.2) is 5.76 Å². The molecule has 9 heteroatoms. The molecule has 8 nitrogen and oxygen atoms in total. The molecular weight excluding hydrogens is 258 g/mol. The van der Waals surface area contributed by atoms with Gasteiger partial charge in [0.05, 0.1) is 24.1 Å². The van der Waals surface area contributed by atoms with Crippen molar-refractivity contribution in [2.45, 2.75) is 24.9 Å². The lowest BCUT2D eigenvalue weighted by molar-refractivity contribution is 0.380. The number of rotatable bonds is 5. The minimum atomic E-state index is -3.68. The molecule has 0 aromatic carbocycles. The number of aromatic amines is 1. The zero-order chi connectivity index (χ0) is 13.2. The fraction of sp³-hybridized carbons (Fsp3) is 0.333. The van der Waals surface area contributed by atoms with E-state index in [-0.39, 0.29) is 18.0 Å². The van der Waals surface area contributed by atoms with E-state index in [9.17, 15) is 8.42 Å². The first-order chi connectivity index (χ1) is 8.54. The van der Waals surface area contributed by atoms with Crippen LogP contribution in [0.15, 0.2) is 21.7 Å². The molecule has 4 N–H and O–H groups in total. The lowest BCUT2D eigenvalue weighted by Crippen LogP contribution is -2.24. The summed E-state index contributed by atoms with van der Waals surface area (Å²) in [6.07, 6.45) is 1.44. The van der Waals surface area contributed by atoms with Gasteiger partial charge in [-0.15, -0.1) is 0 Å². The van der Waals surface area contributed by atoms with Crippen LogP contribution in [-0.2, 0) is 23.1 Å². The van der Waals surface area contributed by atoms with Gasteiger partial charge >= 0.3 is 0 Å².